The monoisotopic (exact) mass is 347 g/mol. The van der Waals surface area contributed by atoms with Gasteiger partial charge in [-0.25, -0.2) is 5.84 Å². The summed E-state index contributed by atoms with van der Waals surface area (Å²) in [5.74, 6) is 6.44. The van der Waals surface area contributed by atoms with E-state index in [1.807, 2.05) is 13.0 Å². The first-order valence-electron chi connectivity index (χ1n) is 7.43. The molecule has 1 heterocycles. The maximum Gasteiger partial charge on any atom is 0.305 e. The smallest absolute Gasteiger partial charge is 0.305 e. The first kappa shape index (κ1) is 18.5. The van der Waals surface area contributed by atoms with Crippen LogP contribution in [0.1, 0.15) is 29.8 Å². The lowest BCUT2D eigenvalue weighted by molar-refractivity contribution is 0.0978. The van der Waals surface area contributed by atoms with E-state index in [1.54, 1.807) is 24.4 Å². The standard InChI is InChI=1S/C17H19F2N5O/c1-10-4-5-15(22-9-10)13-6-12(11(2)25)7-14(8-13)24(21)16(23-20)17(3,18)19/h4-9H,20-21H2,1-3H3/b23-16-. The number of hydrogen-bond donors (Lipinski definition) is 2. The molecule has 0 atom stereocenters. The van der Waals surface area contributed by atoms with E-state index in [0.717, 1.165) is 5.56 Å². The summed E-state index contributed by atoms with van der Waals surface area (Å²) in [5, 5.41) is 3.76. The van der Waals surface area contributed by atoms with Crippen molar-refractivity contribution in [2.75, 3.05) is 5.01 Å². The number of halogens is 2. The van der Waals surface area contributed by atoms with E-state index in [0.29, 0.717) is 28.8 Å². The van der Waals surface area contributed by atoms with Crippen LogP contribution in [0.15, 0.2) is 41.6 Å². The van der Waals surface area contributed by atoms with Crippen LogP contribution in [0.5, 0.6) is 0 Å². The number of alkyl halides is 2. The molecule has 0 saturated carbocycles. The number of Topliss-reactive ketones (excluding diaryl/α,β-unsaturated/α-hetero) is 1. The summed E-state index contributed by atoms with van der Waals surface area (Å²) in [7, 11) is 0. The fourth-order valence-electron chi connectivity index (χ4n) is 2.25. The highest BCUT2D eigenvalue weighted by atomic mass is 19.3. The number of hydrazone groups is 1. The Morgan fingerprint density at radius 1 is 1.28 bits per heavy atom. The van der Waals surface area contributed by atoms with Crippen LogP contribution in [0.25, 0.3) is 11.3 Å². The van der Waals surface area contributed by atoms with Crippen LogP contribution in [0.2, 0.25) is 0 Å². The van der Waals surface area contributed by atoms with Crippen LogP contribution in [0, 0.1) is 6.92 Å². The van der Waals surface area contributed by atoms with Gasteiger partial charge < -0.3 is 5.84 Å². The Balaban J connectivity index is 2.58. The number of rotatable bonds is 4. The molecule has 0 spiro atoms. The summed E-state index contributed by atoms with van der Waals surface area (Å²) in [4.78, 5) is 16.1. The lowest BCUT2D eigenvalue weighted by atomic mass is 10.0. The van der Waals surface area contributed by atoms with Crippen LogP contribution >= 0.6 is 0 Å². The second kappa shape index (κ2) is 6.94. The summed E-state index contributed by atoms with van der Waals surface area (Å²) in [6, 6.07) is 8.19. The first-order valence-corrected chi connectivity index (χ1v) is 7.43. The molecule has 132 valence electrons. The van der Waals surface area contributed by atoms with Gasteiger partial charge in [0.2, 0.25) is 5.84 Å². The van der Waals surface area contributed by atoms with Crippen molar-refractivity contribution in [2.45, 2.75) is 26.7 Å². The van der Waals surface area contributed by atoms with E-state index >= 15 is 0 Å². The van der Waals surface area contributed by atoms with E-state index < -0.39 is 11.8 Å². The third-order valence-corrected chi connectivity index (χ3v) is 3.55. The highest BCUT2D eigenvalue weighted by Crippen LogP contribution is 2.27. The Bertz CT molecular complexity index is 813. The Hall–Kier alpha value is -2.87. The van der Waals surface area contributed by atoms with E-state index in [9.17, 15) is 13.6 Å². The number of hydrogen-bond acceptors (Lipinski definition) is 5. The molecule has 0 unspecified atom stereocenters. The van der Waals surface area contributed by atoms with Crippen LogP contribution in [0.4, 0.5) is 14.5 Å². The van der Waals surface area contributed by atoms with Gasteiger partial charge in [-0.15, -0.1) is 0 Å². The molecule has 2 rings (SSSR count). The fourth-order valence-corrected chi connectivity index (χ4v) is 2.25. The number of nitrogens with zero attached hydrogens (tertiary/aromatic N) is 3. The maximum absolute atomic E-state index is 13.6. The van der Waals surface area contributed by atoms with Gasteiger partial charge in [0.15, 0.2) is 5.78 Å². The number of nitrogens with two attached hydrogens (primary N) is 2. The van der Waals surface area contributed by atoms with Gasteiger partial charge in [0.05, 0.1) is 11.4 Å². The second-order valence-electron chi connectivity index (χ2n) is 5.76. The normalized spacial score (nSPS) is 12.2. The van der Waals surface area contributed by atoms with Crippen molar-refractivity contribution in [3.63, 3.8) is 0 Å². The largest absolute Gasteiger partial charge is 0.321 e. The van der Waals surface area contributed by atoms with Crippen molar-refractivity contribution in [3.05, 3.63) is 47.7 Å². The summed E-state index contributed by atoms with van der Waals surface area (Å²) in [5.41, 5.74) is 2.57. The lowest BCUT2D eigenvalue weighted by Gasteiger charge is -2.24. The summed E-state index contributed by atoms with van der Waals surface area (Å²) >= 11 is 0. The number of aryl methyl sites for hydroxylation is 1. The van der Waals surface area contributed by atoms with Crippen LogP contribution in [-0.4, -0.2) is 22.5 Å². The average Bonchev–Trinajstić information content (AvgIpc) is 2.54. The molecule has 25 heavy (non-hydrogen) atoms. The van der Waals surface area contributed by atoms with E-state index in [-0.39, 0.29) is 11.5 Å². The highest BCUT2D eigenvalue weighted by Gasteiger charge is 2.34. The third-order valence-electron chi connectivity index (χ3n) is 3.55. The minimum atomic E-state index is -3.35. The molecule has 0 aliphatic carbocycles. The van der Waals surface area contributed by atoms with Gasteiger partial charge in [-0.3, -0.25) is 14.8 Å². The van der Waals surface area contributed by atoms with Gasteiger partial charge in [0.25, 0.3) is 0 Å². The molecule has 0 aliphatic heterocycles. The Kier molecular flexibility index (Phi) is 5.13. The summed E-state index contributed by atoms with van der Waals surface area (Å²) < 4.78 is 27.3. The maximum atomic E-state index is 13.6. The van der Waals surface area contributed by atoms with Gasteiger partial charge >= 0.3 is 5.92 Å². The number of pyridine rings is 1. The van der Waals surface area contributed by atoms with Gasteiger partial charge in [-0.1, -0.05) is 6.07 Å². The second-order valence-corrected chi connectivity index (χ2v) is 5.76. The molecule has 6 nitrogen and oxygen atoms in total. The minimum Gasteiger partial charge on any atom is -0.321 e. The molecule has 4 N–H and O–H groups in total. The van der Waals surface area contributed by atoms with Crippen LogP contribution < -0.4 is 16.7 Å². The molecule has 0 saturated heterocycles. The fraction of sp³-hybridized carbons (Fsp3) is 0.235. The Morgan fingerprint density at radius 2 is 1.96 bits per heavy atom. The van der Waals surface area contributed by atoms with E-state index in [4.69, 9.17) is 11.7 Å². The minimum absolute atomic E-state index is 0.149. The molecule has 0 radical (unpaired) electrons. The molecule has 0 aliphatic rings. The zero-order valence-electron chi connectivity index (χ0n) is 14.1. The lowest BCUT2D eigenvalue weighted by Crippen LogP contribution is -2.47. The summed E-state index contributed by atoms with van der Waals surface area (Å²) in [6.07, 6.45) is 1.67. The SMILES string of the molecule is CC(=O)c1cc(-c2ccc(C)cn2)cc(N(N)/C(=N\N)C(C)(F)F)c1. The predicted octanol–water partition coefficient (Wildman–Crippen LogP) is 2.87. The predicted molar refractivity (Wildman–Crippen MR) is 93.3 cm³/mol. The number of carbonyl (C=O) groups is 1. The topological polar surface area (TPSA) is 97.6 Å². The van der Waals surface area contributed by atoms with Crippen LogP contribution in [-0.2, 0) is 0 Å². The molecule has 2 aromatic rings. The molecule has 0 amide bonds. The number of benzene rings is 1. The number of amidine groups is 1. The molecule has 0 bridgehead atoms. The highest BCUT2D eigenvalue weighted by molar-refractivity contribution is 6.03. The Morgan fingerprint density at radius 3 is 2.44 bits per heavy atom. The van der Waals surface area contributed by atoms with Crippen molar-refractivity contribution < 1.29 is 13.6 Å². The molecular formula is C17H19F2N5O. The molecule has 1 aromatic heterocycles. The summed E-state index contributed by atoms with van der Waals surface area (Å²) in [6.45, 7) is 3.90. The van der Waals surface area contributed by atoms with Crippen molar-refractivity contribution >= 4 is 17.3 Å². The van der Waals surface area contributed by atoms with Gasteiger partial charge in [0.1, 0.15) is 0 Å². The van der Waals surface area contributed by atoms with Gasteiger partial charge in [-0.05, 0) is 43.7 Å². The third kappa shape index (κ3) is 4.16. The van der Waals surface area contributed by atoms with Crippen molar-refractivity contribution in [1.82, 2.24) is 4.98 Å². The number of ketones is 1. The average molecular weight is 347 g/mol. The first-order chi connectivity index (χ1) is 11.6. The van der Waals surface area contributed by atoms with Gasteiger partial charge in [0, 0.05) is 24.2 Å². The van der Waals surface area contributed by atoms with E-state index in [2.05, 4.69) is 10.1 Å². The van der Waals surface area contributed by atoms with E-state index in [1.165, 1.54) is 13.0 Å². The Labute approximate surface area is 144 Å². The van der Waals surface area contributed by atoms with Gasteiger partial charge in [-0.2, -0.15) is 13.9 Å². The molecule has 8 heteroatoms. The number of carbonyl (C=O) groups excluding carboxylic acids is 1. The number of anilines is 1. The van der Waals surface area contributed by atoms with Crippen molar-refractivity contribution in [2.24, 2.45) is 16.8 Å². The van der Waals surface area contributed by atoms with Crippen molar-refractivity contribution in [3.8, 4) is 11.3 Å². The molecule has 0 fully saturated rings. The molecular weight excluding hydrogens is 328 g/mol. The zero-order chi connectivity index (χ0) is 18.8. The number of hydrazine groups is 1. The molecule has 1 aromatic carbocycles. The van der Waals surface area contributed by atoms with Crippen molar-refractivity contribution in [1.29, 1.82) is 0 Å². The zero-order valence-corrected chi connectivity index (χ0v) is 14.1. The van der Waals surface area contributed by atoms with Crippen LogP contribution in [0.3, 0.4) is 0 Å². The number of aromatic nitrogens is 1. The quantitative estimate of drug-likeness (QED) is 0.291.